The number of likely N-dealkylation sites (tertiary alicyclic amines) is 2. The molecule has 89 heavy (non-hydrogen) atoms. The normalized spacial score (nSPS) is 13.6. The van der Waals surface area contributed by atoms with Gasteiger partial charge in [0.15, 0.2) is 50.9 Å². The second-order valence-electron chi connectivity index (χ2n) is 21.3. The van der Waals surface area contributed by atoms with Gasteiger partial charge in [0.1, 0.15) is 0 Å². The fourth-order valence-electron chi connectivity index (χ4n) is 9.61. The van der Waals surface area contributed by atoms with Crippen LogP contribution in [0.1, 0.15) is 149 Å². The van der Waals surface area contributed by atoms with Gasteiger partial charge in [0.05, 0.1) is 54.0 Å². The third-order valence-corrected chi connectivity index (χ3v) is 14.8. The maximum Gasteiger partial charge on any atom is -0.000672 e. The average molecular weight is 1610 g/mol. The summed E-state index contributed by atoms with van der Waals surface area (Å²) in [6.45, 7) is 18.2. The monoisotopic (exact) mass is 1610 g/mol. The number of anilines is 3. The molecule has 0 unspecified atom stereocenters. The molecule has 8 heterocycles. The average Bonchev–Trinajstić information content (AvgIpc) is 3.66. The van der Waals surface area contributed by atoms with Crippen LogP contribution in [0.3, 0.4) is 0 Å². The molecule has 6 aromatic heterocycles. The number of nitrogen functional groups attached to an aromatic ring is 3. The van der Waals surface area contributed by atoms with E-state index in [2.05, 4.69) is 113 Å². The summed E-state index contributed by atoms with van der Waals surface area (Å²) in [5.74, 6) is 0.787. The number of unbranched alkanes of at least 4 members (excludes halogenated alkanes) is 7. The van der Waals surface area contributed by atoms with Gasteiger partial charge in [-0.15, -0.1) is 0 Å². The van der Waals surface area contributed by atoms with Crippen molar-refractivity contribution in [1.29, 1.82) is 0 Å². The van der Waals surface area contributed by atoms with Crippen molar-refractivity contribution >= 4 is 98.3 Å². The van der Waals surface area contributed by atoms with Crippen LogP contribution in [-0.2, 0) is 33.9 Å². The van der Waals surface area contributed by atoms with Crippen molar-refractivity contribution in [3.8, 4) is 36.1 Å². The number of nitrogens with zero attached hydrogens (tertiary/aromatic N) is 14. The quantitative estimate of drug-likeness (QED) is 0.0187. The van der Waals surface area contributed by atoms with Crippen molar-refractivity contribution in [1.82, 2.24) is 68.4 Å². The molecular formula is C57H100I3N18O10S-. The maximum atomic E-state index is 11.0. The molecule has 9 N–H and O–H groups in total. The minimum Gasteiger partial charge on any atom is -0.330 e. The molecule has 2 saturated heterocycles. The molecule has 0 aromatic carbocycles. The minimum atomic E-state index is -3.47. The number of aliphatic hydroxyl groups is 1. The first-order valence-electron chi connectivity index (χ1n) is 31.2. The van der Waals surface area contributed by atoms with Gasteiger partial charge in [-0.25, -0.2) is 0 Å². The van der Waals surface area contributed by atoms with Crippen molar-refractivity contribution in [2.75, 3.05) is 124 Å². The van der Waals surface area contributed by atoms with E-state index >= 15 is 0 Å². The van der Waals surface area contributed by atoms with E-state index in [1.807, 2.05) is 4.57 Å². The van der Waals surface area contributed by atoms with E-state index in [0.717, 1.165) is 64.3 Å². The number of ether oxygens (including phenoxy) is 6. The fraction of sp³-hybridized carbons (Fsp3) is 0.737. The molecule has 2 aliphatic rings. The summed E-state index contributed by atoms with van der Waals surface area (Å²) in [5, 5.41) is 9.00. The summed E-state index contributed by atoms with van der Waals surface area (Å²) in [6, 6.07) is 1.96. The Kier molecular flexibility index (Phi) is 38.5. The third-order valence-electron chi connectivity index (χ3n) is 14.2. The van der Waals surface area contributed by atoms with E-state index < -0.39 is 10.1 Å². The maximum absolute atomic E-state index is 11.0. The van der Waals surface area contributed by atoms with Gasteiger partial charge in [0.2, 0.25) is 0 Å². The molecule has 28 nitrogen and oxygen atoms in total. The van der Waals surface area contributed by atoms with Crippen LogP contribution in [0.25, 0.3) is 33.5 Å². The van der Waals surface area contributed by atoms with Crippen LogP contribution in [0.4, 0.5) is 17.5 Å². The van der Waals surface area contributed by atoms with Crippen molar-refractivity contribution in [2.45, 2.75) is 169 Å². The van der Waals surface area contributed by atoms with Gasteiger partial charge < -0.3 is 66.3 Å². The van der Waals surface area contributed by atoms with Gasteiger partial charge in [-0.3, -0.25) is 17.9 Å². The molecule has 0 spiro atoms. The molecule has 0 atom stereocenters. The van der Waals surface area contributed by atoms with Crippen molar-refractivity contribution < 1.29 is 59.4 Å². The Morgan fingerprint density at radius 3 is 1.15 bits per heavy atom. The van der Waals surface area contributed by atoms with Crippen molar-refractivity contribution in [3.63, 3.8) is 0 Å². The van der Waals surface area contributed by atoms with Crippen LogP contribution in [0.5, 0.6) is 36.1 Å². The van der Waals surface area contributed by atoms with E-state index in [1.54, 1.807) is 16.2 Å². The molecule has 2 fully saturated rings. The number of aryl methyl sites for hydroxylation is 3. The summed E-state index contributed by atoms with van der Waals surface area (Å²) in [6.07, 6.45) is 23.5. The molecule has 32 heteroatoms. The van der Waals surface area contributed by atoms with E-state index in [9.17, 15) is 8.42 Å². The Balaban J connectivity index is 0.000000262. The topological polar surface area (TPSA) is 360 Å². The second kappa shape index (κ2) is 44.4. The second-order valence-corrected chi connectivity index (χ2v) is 39.2. The van der Waals surface area contributed by atoms with Crippen LogP contribution in [0.15, 0.2) is 0 Å². The number of aromatic nitrogens is 12. The Morgan fingerprint density at radius 2 is 0.809 bits per heavy atom. The predicted molar refractivity (Wildman–Crippen MR) is 363 cm³/mol. The number of piperidine rings is 2. The Bertz CT molecular complexity index is 3020. The van der Waals surface area contributed by atoms with Gasteiger partial charge in [-0.05, 0) is 123 Å². The zero-order chi connectivity index (χ0) is 64.8. The number of halogens is 3. The largest absolute Gasteiger partial charge is 0.330 e. The van der Waals surface area contributed by atoms with Crippen LogP contribution in [0.2, 0.25) is 0 Å². The van der Waals surface area contributed by atoms with Crippen LogP contribution >= 0.6 is 37.2 Å². The number of aliphatic hydroxyl groups excluding tert-OH is 1. The van der Waals surface area contributed by atoms with Gasteiger partial charge in [-0.1, -0.05) is 72.1 Å². The molecule has 0 saturated carbocycles. The van der Waals surface area contributed by atoms with E-state index in [-0.39, 0.29) is 36.9 Å². The first-order chi connectivity index (χ1) is 43.1. The van der Waals surface area contributed by atoms with E-state index in [0.29, 0.717) is 122 Å². The van der Waals surface area contributed by atoms with Gasteiger partial charge in [-0.2, -0.15) is 53.3 Å². The van der Waals surface area contributed by atoms with Crippen molar-refractivity contribution in [2.24, 2.45) is 5.73 Å². The van der Waals surface area contributed by atoms with Gasteiger partial charge in [0, 0.05) is 26.2 Å². The number of hydrogen-bond acceptors (Lipinski definition) is 25. The molecule has 506 valence electrons. The summed E-state index contributed by atoms with van der Waals surface area (Å²) in [7, 11) is 1.16. The van der Waals surface area contributed by atoms with Crippen LogP contribution in [0, 0.1) is 0 Å². The summed E-state index contributed by atoms with van der Waals surface area (Å²) in [4.78, 5) is 43.9. The Morgan fingerprint density at radius 1 is 0.472 bits per heavy atom. The molecule has 8 rings (SSSR count). The molecule has 0 amide bonds. The van der Waals surface area contributed by atoms with Crippen molar-refractivity contribution in [3.05, 3.63) is 0 Å². The number of fused-ring (bicyclic) bond motifs is 3. The van der Waals surface area contributed by atoms with E-state index in [1.165, 1.54) is 124 Å². The third kappa shape index (κ3) is 27.5. The van der Waals surface area contributed by atoms with Gasteiger partial charge in [0.25, 0.3) is 28.1 Å². The number of imidazole rings is 3. The summed E-state index contributed by atoms with van der Waals surface area (Å²) >= 11 is 5.30. The summed E-state index contributed by atoms with van der Waals surface area (Å²) < 4.78 is 64.9. The number of nitrogens with two attached hydrogens (primary N) is 4. The van der Waals surface area contributed by atoms with Gasteiger partial charge >= 0.3 is 68.5 Å². The van der Waals surface area contributed by atoms with E-state index in [4.69, 9.17) is 60.6 Å². The number of hydrogen-bond donors (Lipinski definition) is 5. The number of methoxy groups -OCH3 is 3. The smallest absolute Gasteiger partial charge is 0.000672 e. The first-order valence-corrected chi connectivity index (χ1v) is 45.6. The molecule has 2 aliphatic heterocycles. The number of rotatable bonds is 34. The standard InChI is InChI=1S/C22H38N6O2.C14H23N5O5S.C13H21N5O3.C8H18N2.I3/c1-3-4-17-30-21-25-19(23)18-20(26-21)28(22(24-18)29-2)16-12-7-5-6-9-13-27-14-10-8-11-15-27;1-4-5-8-23-13-17-11(15)10-12(18-13)19(14(16-10)22-2)7-6-9-24-25(3,20)21;1-3-4-8-21-12-16-10(14)9-11(17-12)18(6-5-7-19)13(15-9)20-2;9-5-4-8-10-6-2-1-3-7-10;1-3-2/h3-17H2,1-2H3,(H2,23,25,26);4-9H2,1-3H3,(H2,15,17,18);19H,3-8H2,1-2H3,(H2,14,16,17);1-9H2;/q;;;;-1. The van der Waals surface area contributed by atoms with Crippen LogP contribution in [-0.4, -0.2) is 188 Å². The Hall–Kier alpha value is -4.21. The Labute approximate surface area is 555 Å². The first kappa shape index (κ1) is 77.2. The van der Waals surface area contributed by atoms with Crippen LogP contribution < -0.4 is 64.6 Å². The molecule has 0 aliphatic carbocycles. The fourth-order valence-corrected chi connectivity index (χ4v) is 10.0. The minimum absolute atomic E-state index is 0.0437. The SMILES string of the molecule is CCCCOc1nc(N)c2nc(OC)n(CCCCCCCN3CCCCC3)c2n1.CCCCOc1nc(N)c2nc(OC)n(CCCO)c2n1.CCCCOc1nc(N)c2nc(OC)n(CCCOS(C)(=O)=O)c2n1.I[I-]I.NCCCN1CCCCC1. The zero-order valence-electron chi connectivity index (χ0n) is 53.5. The predicted octanol–water partition coefficient (Wildman–Crippen LogP) is 5.57. The molecular weight excluding hydrogens is 1510 g/mol. The summed E-state index contributed by atoms with van der Waals surface area (Å²) in [5.41, 5.74) is 26.6. The zero-order valence-corrected chi connectivity index (χ0v) is 60.8. The molecule has 0 radical (unpaired) electrons. The molecule has 0 bridgehead atoms. The molecule has 6 aromatic rings.